The fraction of sp³-hybridized carbons (Fsp3) is 0.333. The van der Waals surface area contributed by atoms with Crippen molar-refractivity contribution in [1.29, 1.82) is 0 Å². The number of nitrogens with zero attached hydrogens (tertiary/aromatic N) is 4. The molecule has 19 heavy (non-hydrogen) atoms. The Hall–Kier alpha value is -1.89. The van der Waals surface area contributed by atoms with Crippen LogP contribution in [0.5, 0.6) is 0 Å². The van der Waals surface area contributed by atoms with E-state index in [1.807, 2.05) is 44.2 Å². The maximum atomic E-state index is 11.2. The number of benzene rings is 1. The number of para-hydroxylation sites is 1. The van der Waals surface area contributed by atoms with Gasteiger partial charge in [0.05, 0.1) is 5.69 Å². The highest BCUT2D eigenvalue weighted by molar-refractivity contribution is 8.00. The van der Waals surface area contributed by atoms with Crippen molar-refractivity contribution in [2.75, 3.05) is 0 Å². The third kappa shape index (κ3) is 3.11. The minimum atomic E-state index is -0.859. The molecule has 6 nitrogen and oxygen atoms in total. The Bertz CT molecular complexity index is 556. The molecule has 1 aromatic carbocycles. The number of thioether (sulfide) groups is 1. The molecule has 0 saturated carbocycles. The number of aromatic nitrogens is 4. The molecular formula is C12H14N4O2S. The maximum absolute atomic E-state index is 11.2. The van der Waals surface area contributed by atoms with Gasteiger partial charge in [0.25, 0.3) is 0 Å². The van der Waals surface area contributed by atoms with Gasteiger partial charge in [-0.2, -0.15) is 4.68 Å². The first kappa shape index (κ1) is 13.5. The molecule has 0 amide bonds. The van der Waals surface area contributed by atoms with E-state index < -0.39 is 11.2 Å². The van der Waals surface area contributed by atoms with E-state index in [0.717, 1.165) is 17.4 Å². The van der Waals surface area contributed by atoms with E-state index in [-0.39, 0.29) is 5.92 Å². The van der Waals surface area contributed by atoms with Crippen LogP contribution in [0.25, 0.3) is 5.69 Å². The Balaban J connectivity index is 2.28. The Morgan fingerprint density at radius 2 is 2.00 bits per heavy atom. The van der Waals surface area contributed by atoms with Crippen LogP contribution in [0.1, 0.15) is 13.8 Å². The van der Waals surface area contributed by atoms with Gasteiger partial charge >= 0.3 is 5.97 Å². The summed E-state index contributed by atoms with van der Waals surface area (Å²) in [6.45, 7) is 3.73. The Kier molecular flexibility index (Phi) is 4.16. The van der Waals surface area contributed by atoms with Crippen molar-refractivity contribution < 1.29 is 9.90 Å². The SMILES string of the molecule is CC(C)C(Sc1nnnn1-c1ccccc1)C(=O)O. The number of carboxylic acids is 1. The fourth-order valence-corrected chi connectivity index (χ4v) is 2.49. The van der Waals surface area contributed by atoms with Gasteiger partial charge < -0.3 is 5.11 Å². The molecule has 100 valence electrons. The minimum Gasteiger partial charge on any atom is -0.480 e. The van der Waals surface area contributed by atoms with Crippen molar-refractivity contribution in [3.63, 3.8) is 0 Å². The molecule has 1 atom stereocenters. The number of carboxylic acid groups (broad SMARTS) is 1. The summed E-state index contributed by atoms with van der Waals surface area (Å²) < 4.78 is 1.54. The third-order valence-corrected chi connectivity index (χ3v) is 3.99. The van der Waals surface area contributed by atoms with Crippen LogP contribution in [0.2, 0.25) is 0 Å². The summed E-state index contributed by atoms with van der Waals surface area (Å²) in [4.78, 5) is 11.2. The van der Waals surface area contributed by atoms with Crippen LogP contribution in [0.15, 0.2) is 35.5 Å². The van der Waals surface area contributed by atoms with Crippen molar-refractivity contribution in [3.05, 3.63) is 30.3 Å². The Labute approximate surface area is 114 Å². The highest BCUT2D eigenvalue weighted by atomic mass is 32.2. The standard InChI is InChI=1S/C12H14N4O2S/c1-8(2)10(11(17)18)19-12-13-14-15-16(12)9-6-4-3-5-7-9/h3-8,10H,1-2H3,(H,17,18). The van der Waals surface area contributed by atoms with Gasteiger partial charge in [-0.05, 0) is 28.5 Å². The quantitative estimate of drug-likeness (QED) is 0.841. The predicted octanol–water partition coefficient (Wildman–Crippen LogP) is 1.86. The van der Waals surface area contributed by atoms with Crippen molar-refractivity contribution in [1.82, 2.24) is 20.2 Å². The number of hydrogen-bond donors (Lipinski definition) is 1. The van der Waals surface area contributed by atoms with E-state index in [1.54, 1.807) is 4.68 Å². The summed E-state index contributed by atoms with van der Waals surface area (Å²) in [5.41, 5.74) is 0.808. The highest BCUT2D eigenvalue weighted by Crippen LogP contribution is 2.27. The van der Waals surface area contributed by atoms with Gasteiger partial charge in [0.1, 0.15) is 5.25 Å². The third-order valence-electron chi connectivity index (χ3n) is 2.52. The summed E-state index contributed by atoms with van der Waals surface area (Å²) in [6.07, 6.45) is 0. The zero-order valence-electron chi connectivity index (χ0n) is 10.6. The molecule has 1 unspecified atom stereocenters. The summed E-state index contributed by atoms with van der Waals surface area (Å²) in [5, 5.41) is 20.5. The van der Waals surface area contributed by atoms with Gasteiger partial charge in [0.15, 0.2) is 0 Å². The van der Waals surface area contributed by atoms with Crippen LogP contribution >= 0.6 is 11.8 Å². The minimum absolute atomic E-state index is 0.0107. The molecule has 0 aliphatic carbocycles. The van der Waals surface area contributed by atoms with E-state index in [4.69, 9.17) is 0 Å². The predicted molar refractivity (Wildman–Crippen MR) is 71.3 cm³/mol. The van der Waals surface area contributed by atoms with Gasteiger partial charge in [-0.1, -0.05) is 43.8 Å². The first-order valence-corrected chi connectivity index (χ1v) is 6.71. The molecule has 0 spiro atoms. The molecule has 0 radical (unpaired) electrons. The average Bonchev–Trinajstić information content (AvgIpc) is 2.84. The van der Waals surface area contributed by atoms with Crippen LogP contribution in [-0.2, 0) is 4.79 Å². The molecular weight excluding hydrogens is 264 g/mol. The van der Waals surface area contributed by atoms with E-state index in [9.17, 15) is 9.90 Å². The van der Waals surface area contributed by atoms with Crippen LogP contribution in [0.4, 0.5) is 0 Å². The monoisotopic (exact) mass is 278 g/mol. The summed E-state index contributed by atoms with van der Waals surface area (Å²) in [5.74, 6) is -0.869. The topological polar surface area (TPSA) is 80.9 Å². The lowest BCUT2D eigenvalue weighted by atomic mass is 10.1. The highest BCUT2D eigenvalue weighted by Gasteiger charge is 2.25. The van der Waals surface area contributed by atoms with E-state index in [0.29, 0.717) is 5.16 Å². The molecule has 0 bridgehead atoms. The molecule has 0 aliphatic rings. The van der Waals surface area contributed by atoms with Gasteiger partial charge in [-0.25, -0.2) is 0 Å². The van der Waals surface area contributed by atoms with E-state index in [2.05, 4.69) is 15.5 Å². The summed E-state index contributed by atoms with van der Waals surface area (Å²) >= 11 is 1.16. The maximum Gasteiger partial charge on any atom is 0.317 e. The van der Waals surface area contributed by atoms with Gasteiger partial charge in [0.2, 0.25) is 5.16 Å². The number of carbonyl (C=O) groups is 1. The number of aliphatic carboxylic acids is 1. The molecule has 2 rings (SSSR count). The smallest absolute Gasteiger partial charge is 0.317 e. The summed E-state index contributed by atoms with van der Waals surface area (Å²) in [6, 6.07) is 9.39. The van der Waals surface area contributed by atoms with Crippen LogP contribution in [-0.4, -0.2) is 36.5 Å². The molecule has 2 aromatic rings. The Morgan fingerprint density at radius 3 is 2.58 bits per heavy atom. The van der Waals surface area contributed by atoms with Crippen LogP contribution in [0.3, 0.4) is 0 Å². The molecule has 0 fully saturated rings. The largest absolute Gasteiger partial charge is 0.480 e. The summed E-state index contributed by atoms with van der Waals surface area (Å²) in [7, 11) is 0. The van der Waals surface area contributed by atoms with Crippen molar-refractivity contribution in [2.24, 2.45) is 5.92 Å². The lowest BCUT2D eigenvalue weighted by Crippen LogP contribution is -2.23. The molecule has 0 saturated heterocycles. The molecule has 1 heterocycles. The molecule has 0 aliphatic heterocycles. The van der Waals surface area contributed by atoms with Crippen molar-refractivity contribution >= 4 is 17.7 Å². The second-order valence-electron chi connectivity index (χ2n) is 4.33. The lowest BCUT2D eigenvalue weighted by Gasteiger charge is -2.14. The van der Waals surface area contributed by atoms with Crippen LogP contribution < -0.4 is 0 Å². The lowest BCUT2D eigenvalue weighted by molar-refractivity contribution is -0.137. The average molecular weight is 278 g/mol. The van der Waals surface area contributed by atoms with Gasteiger partial charge in [-0.15, -0.1) is 5.10 Å². The zero-order valence-corrected chi connectivity index (χ0v) is 11.4. The van der Waals surface area contributed by atoms with E-state index in [1.165, 1.54) is 0 Å². The first-order valence-electron chi connectivity index (χ1n) is 5.83. The zero-order chi connectivity index (χ0) is 13.8. The van der Waals surface area contributed by atoms with E-state index >= 15 is 0 Å². The second kappa shape index (κ2) is 5.83. The number of hydrogen-bond acceptors (Lipinski definition) is 5. The van der Waals surface area contributed by atoms with Gasteiger partial charge in [0, 0.05) is 0 Å². The second-order valence-corrected chi connectivity index (χ2v) is 5.44. The molecule has 1 aromatic heterocycles. The molecule has 1 N–H and O–H groups in total. The number of tetrazole rings is 1. The van der Waals surface area contributed by atoms with Crippen molar-refractivity contribution in [2.45, 2.75) is 24.3 Å². The number of rotatable bonds is 5. The first-order chi connectivity index (χ1) is 9.09. The fourth-order valence-electron chi connectivity index (χ4n) is 1.57. The van der Waals surface area contributed by atoms with Crippen molar-refractivity contribution in [3.8, 4) is 5.69 Å². The molecule has 7 heteroatoms. The van der Waals surface area contributed by atoms with Crippen LogP contribution in [0, 0.1) is 5.92 Å². The normalized spacial score (nSPS) is 12.6. The Morgan fingerprint density at radius 1 is 1.32 bits per heavy atom. The van der Waals surface area contributed by atoms with Gasteiger partial charge in [-0.3, -0.25) is 4.79 Å².